The van der Waals surface area contributed by atoms with Crippen LogP contribution in [0, 0.1) is 0 Å². The molecule has 1 heterocycles. The van der Waals surface area contributed by atoms with E-state index < -0.39 is 5.97 Å². The third kappa shape index (κ3) is 3.93. The zero-order chi connectivity index (χ0) is 13.1. The summed E-state index contributed by atoms with van der Waals surface area (Å²) in [5.41, 5.74) is 6.71. The van der Waals surface area contributed by atoms with E-state index >= 15 is 0 Å². The van der Waals surface area contributed by atoms with Crippen LogP contribution in [0.4, 0.5) is 5.69 Å². The number of nitrogen functional groups attached to an aromatic ring is 1. The number of carbonyl (C=O) groups is 1. The summed E-state index contributed by atoms with van der Waals surface area (Å²) in [4.78, 5) is 15.8. The van der Waals surface area contributed by atoms with Crippen LogP contribution in [-0.2, 0) is 4.74 Å². The number of esters is 1. The Bertz CT molecular complexity index is 413. The van der Waals surface area contributed by atoms with Crippen LogP contribution >= 0.6 is 11.8 Å². The van der Waals surface area contributed by atoms with E-state index in [0.29, 0.717) is 22.9 Å². The maximum absolute atomic E-state index is 11.6. The van der Waals surface area contributed by atoms with Gasteiger partial charge in [0.2, 0.25) is 0 Å². The molecule has 0 aliphatic rings. The smallest absolute Gasteiger partial charge is 0.340 e. The van der Waals surface area contributed by atoms with Gasteiger partial charge in [0.15, 0.2) is 0 Å². The molecule has 4 nitrogen and oxygen atoms in total. The minimum atomic E-state index is -0.400. The molecule has 0 aliphatic carbocycles. The molecule has 0 unspecified atom stereocenters. The van der Waals surface area contributed by atoms with E-state index in [4.69, 9.17) is 10.5 Å². The fourth-order valence-electron chi connectivity index (χ4n) is 1.21. The Balaban J connectivity index is 3.03. The molecule has 0 bridgehead atoms. The summed E-state index contributed by atoms with van der Waals surface area (Å²) in [6, 6.07) is 1.58. The zero-order valence-corrected chi connectivity index (χ0v) is 11.4. The Labute approximate surface area is 106 Å². The predicted octanol–water partition coefficient (Wildman–Crippen LogP) is 2.73. The fraction of sp³-hybridized carbons (Fsp3) is 0.500. The molecule has 17 heavy (non-hydrogen) atoms. The van der Waals surface area contributed by atoms with Crippen molar-refractivity contribution in [3.05, 3.63) is 17.8 Å². The van der Waals surface area contributed by atoms with Crippen LogP contribution in [0.2, 0.25) is 0 Å². The van der Waals surface area contributed by atoms with Crippen LogP contribution in [-0.4, -0.2) is 22.3 Å². The number of rotatable bonds is 3. The highest BCUT2D eigenvalue weighted by Crippen LogP contribution is 2.35. The van der Waals surface area contributed by atoms with Gasteiger partial charge in [-0.3, -0.25) is 0 Å². The number of thioether (sulfide) groups is 1. The van der Waals surface area contributed by atoms with Crippen molar-refractivity contribution in [2.24, 2.45) is 0 Å². The van der Waals surface area contributed by atoms with Crippen LogP contribution in [0.25, 0.3) is 0 Å². The van der Waals surface area contributed by atoms with Crippen molar-refractivity contribution in [3.8, 4) is 0 Å². The van der Waals surface area contributed by atoms with Crippen molar-refractivity contribution in [1.29, 1.82) is 0 Å². The number of aromatic nitrogens is 1. The summed E-state index contributed by atoms with van der Waals surface area (Å²) in [5, 5.41) is 0.669. The number of anilines is 1. The maximum atomic E-state index is 11.6. The van der Waals surface area contributed by atoms with Gasteiger partial charge in [0.05, 0.1) is 17.9 Å². The normalized spacial score (nSPS) is 11.3. The third-order valence-corrected chi connectivity index (χ3v) is 2.98. The minimum absolute atomic E-state index is 0.00555. The van der Waals surface area contributed by atoms with Crippen molar-refractivity contribution < 1.29 is 9.53 Å². The summed E-state index contributed by atoms with van der Waals surface area (Å²) in [7, 11) is 0. The molecule has 0 aliphatic heterocycles. The summed E-state index contributed by atoms with van der Waals surface area (Å²) < 4.78 is 4.93. The molecule has 0 atom stereocenters. The molecule has 0 fully saturated rings. The van der Waals surface area contributed by atoms with Crippen molar-refractivity contribution in [2.45, 2.75) is 37.5 Å². The molecule has 2 N–H and O–H groups in total. The number of hydrogen-bond donors (Lipinski definition) is 1. The first-order valence-electron chi connectivity index (χ1n) is 5.45. The molecule has 1 aromatic heterocycles. The number of nitrogens with zero attached hydrogens (tertiary/aromatic N) is 1. The largest absolute Gasteiger partial charge is 0.462 e. The highest BCUT2D eigenvalue weighted by Gasteiger charge is 2.19. The molecular weight excluding hydrogens is 236 g/mol. The van der Waals surface area contributed by atoms with Crippen molar-refractivity contribution in [2.75, 3.05) is 12.3 Å². The number of carbonyl (C=O) groups excluding carboxylic acids is 1. The van der Waals surface area contributed by atoms with E-state index in [1.54, 1.807) is 19.2 Å². The van der Waals surface area contributed by atoms with E-state index in [2.05, 4.69) is 25.8 Å². The zero-order valence-electron chi connectivity index (χ0n) is 10.6. The molecule has 0 saturated heterocycles. The molecule has 0 spiro atoms. The quantitative estimate of drug-likeness (QED) is 0.663. The van der Waals surface area contributed by atoms with Crippen molar-refractivity contribution in [3.63, 3.8) is 0 Å². The van der Waals surface area contributed by atoms with Gasteiger partial charge in [-0.2, -0.15) is 0 Å². The molecule has 0 amide bonds. The summed E-state index contributed by atoms with van der Waals surface area (Å²) >= 11 is 1.53. The van der Waals surface area contributed by atoms with Gasteiger partial charge in [0, 0.05) is 10.9 Å². The van der Waals surface area contributed by atoms with Gasteiger partial charge in [0.1, 0.15) is 5.03 Å². The Hall–Kier alpha value is -1.23. The monoisotopic (exact) mass is 254 g/mol. The van der Waals surface area contributed by atoms with Crippen molar-refractivity contribution in [1.82, 2.24) is 4.98 Å². The lowest BCUT2D eigenvalue weighted by Gasteiger charge is -2.18. The first kappa shape index (κ1) is 13.8. The maximum Gasteiger partial charge on any atom is 0.340 e. The third-order valence-electron chi connectivity index (χ3n) is 1.85. The van der Waals surface area contributed by atoms with Crippen LogP contribution in [0.3, 0.4) is 0 Å². The molecule has 0 saturated carbocycles. The van der Waals surface area contributed by atoms with Gasteiger partial charge in [0.25, 0.3) is 0 Å². The van der Waals surface area contributed by atoms with E-state index in [1.165, 1.54) is 11.8 Å². The van der Waals surface area contributed by atoms with Gasteiger partial charge in [-0.25, -0.2) is 9.78 Å². The number of nitrogens with two attached hydrogens (primary N) is 1. The number of ether oxygens (including phenoxy) is 1. The van der Waals surface area contributed by atoms with Gasteiger partial charge >= 0.3 is 5.97 Å². The van der Waals surface area contributed by atoms with Crippen molar-refractivity contribution >= 4 is 23.4 Å². The average Bonchev–Trinajstić information content (AvgIpc) is 2.19. The molecule has 5 heteroatoms. The van der Waals surface area contributed by atoms with E-state index in [9.17, 15) is 4.79 Å². The van der Waals surface area contributed by atoms with E-state index in [-0.39, 0.29) is 4.75 Å². The topological polar surface area (TPSA) is 65.2 Å². The SMILES string of the molecule is CCOC(=O)c1ccnc(SC(C)(C)C)c1N. The van der Waals surface area contributed by atoms with Gasteiger partial charge in [-0.15, -0.1) is 0 Å². The molecule has 1 aromatic rings. The van der Waals surface area contributed by atoms with Gasteiger partial charge in [-0.1, -0.05) is 32.5 Å². The highest BCUT2D eigenvalue weighted by molar-refractivity contribution is 8.00. The lowest BCUT2D eigenvalue weighted by molar-refractivity contribution is 0.0527. The second-order valence-corrected chi connectivity index (χ2v) is 6.33. The van der Waals surface area contributed by atoms with Gasteiger partial charge in [-0.05, 0) is 13.0 Å². The van der Waals surface area contributed by atoms with Crippen LogP contribution in [0.5, 0.6) is 0 Å². The van der Waals surface area contributed by atoms with Crippen LogP contribution in [0.1, 0.15) is 38.1 Å². The summed E-state index contributed by atoms with van der Waals surface area (Å²) in [6.45, 7) is 8.30. The average molecular weight is 254 g/mol. The van der Waals surface area contributed by atoms with E-state index in [0.717, 1.165) is 0 Å². The predicted molar refractivity (Wildman–Crippen MR) is 70.2 cm³/mol. The summed E-state index contributed by atoms with van der Waals surface area (Å²) in [5.74, 6) is -0.400. The Morgan fingerprint density at radius 2 is 2.18 bits per heavy atom. The van der Waals surface area contributed by atoms with Gasteiger partial charge < -0.3 is 10.5 Å². The fourth-order valence-corrected chi connectivity index (χ4v) is 2.13. The minimum Gasteiger partial charge on any atom is -0.462 e. The van der Waals surface area contributed by atoms with Crippen LogP contribution in [0.15, 0.2) is 17.3 Å². The number of hydrogen-bond acceptors (Lipinski definition) is 5. The molecule has 0 radical (unpaired) electrons. The second kappa shape index (κ2) is 5.40. The Morgan fingerprint density at radius 3 is 2.71 bits per heavy atom. The molecule has 1 rings (SSSR count). The first-order valence-corrected chi connectivity index (χ1v) is 6.27. The molecule has 94 valence electrons. The second-order valence-electron chi connectivity index (χ2n) is 4.51. The van der Waals surface area contributed by atoms with E-state index in [1.807, 2.05) is 0 Å². The Kier molecular flexibility index (Phi) is 4.40. The molecule has 0 aromatic carbocycles. The Morgan fingerprint density at radius 1 is 1.53 bits per heavy atom. The lowest BCUT2D eigenvalue weighted by atomic mass is 10.2. The molecular formula is C12H18N2O2S. The lowest BCUT2D eigenvalue weighted by Crippen LogP contribution is -2.12. The van der Waals surface area contributed by atoms with Crippen LogP contribution < -0.4 is 5.73 Å². The standard InChI is InChI=1S/C12H18N2O2S/c1-5-16-11(15)8-6-7-14-10(9(8)13)17-12(2,3)4/h6-7H,5,13H2,1-4H3. The highest BCUT2D eigenvalue weighted by atomic mass is 32.2. The number of pyridine rings is 1. The first-order chi connectivity index (χ1) is 7.85. The summed E-state index contributed by atoms with van der Waals surface area (Å²) in [6.07, 6.45) is 1.58.